The summed E-state index contributed by atoms with van der Waals surface area (Å²) in [7, 11) is 1.32. The van der Waals surface area contributed by atoms with Crippen LogP contribution in [0.3, 0.4) is 0 Å². The zero-order valence-electron chi connectivity index (χ0n) is 16.3. The first-order chi connectivity index (χ1) is 14.0. The highest BCUT2D eigenvalue weighted by molar-refractivity contribution is 7.94. The third kappa shape index (κ3) is 5.24. The van der Waals surface area contributed by atoms with Gasteiger partial charge in [0.2, 0.25) is 0 Å². The van der Waals surface area contributed by atoms with Gasteiger partial charge in [-0.1, -0.05) is 0 Å². The van der Waals surface area contributed by atoms with Gasteiger partial charge >= 0.3 is 5.97 Å². The van der Waals surface area contributed by atoms with E-state index in [1.54, 1.807) is 24.5 Å². The summed E-state index contributed by atoms with van der Waals surface area (Å²) >= 11 is 1.14. The molecule has 150 valence electrons. The summed E-state index contributed by atoms with van der Waals surface area (Å²) in [5, 5.41) is 0. The number of nitrogens with one attached hydrogen (secondary N) is 1. The average Bonchev–Trinajstić information content (AvgIpc) is 2.75. The predicted octanol–water partition coefficient (Wildman–Crippen LogP) is 3.68. The zero-order chi connectivity index (χ0) is 20.8. The second-order valence-electron chi connectivity index (χ2n) is 6.31. The Bertz CT molecular complexity index is 981. The second-order valence-corrected chi connectivity index (χ2v) is 7.14. The molecule has 0 spiro atoms. The Morgan fingerprint density at radius 3 is 2.66 bits per heavy atom. The second kappa shape index (κ2) is 9.40. The number of pyridine rings is 2. The summed E-state index contributed by atoms with van der Waals surface area (Å²) in [5.41, 5.74) is 9.58. The van der Waals surface area contributed by atoms with Crippen LogP contribution in [-0.2, 0) is 8.92 Å². The van der Waals surface area contributed by atoms with E-state index in [9.17, 15) is 4.79 Å². The van der Waals surface area contributed by atoms with Crippen LogP contribution in [0.4, 0.5) is 5.69 Å². The normalized spacial score (nSPS) is 11.7. The van der Waals surface area contributed by atoms with Gasteiger partial charge in [-0.15, -0.1) is 0 Å². The standard InChI is InChI=1S/C21H21N3O4S/c1-13-9-17(22)19(10-14(13)2)27-21(28-29-16-5-4-8-23-12-16)18-7-6-15(11-24-18)20(25)26-3/h4-12,21H,22H2,1-3H3/p+1. The number of ether oxygens (including phenoxy) is 2. The number of nitrogen functional groups attached to an aromatic ring is 1. The van der Waals surface area contributed by atoms with Crippen molar-refractivity contribution < 1.29 is 23.4 Å². The predicted molar refractivity (Wildman–Crippen MR) is 109 cm³/mol. The van der Waals surface area contributed by atoms with Crippen LogP contribution in [-0.4, -0.2) is 18.1 Å². The summed E-state index contributed by atoms with van der Waals surface area (Å²) in [5.74, 6) is 0.0345. The third-order valence-corrected chi connectivity index (χ3v) is 4.94. The molecule has 7 nitrogen and oxygen atoms in total. The molecular formula is C21H22N3O4S+. The molecule has 1 aromatic carbocycles. The minimum atomic E-state index is -0.851. The van der Waals surface area contributed by atoms with Crippen LogP contribution in [0.5, 0.6) is 5.75 Å². The molecule has 0 amide bonds. The zero-order valence-corrected chi connectivity index (χ0v) is 17.2. The van der Waals surface area contributed by atoms with Crippen LogP contribution in [0.1, 0.15) is 33.5 Å². The van der Waals surface area contributed by atoms with Crippen LogP contribution >= 0.6 is 12.0 Å². The highest BCUT2D eigenvalue weighted by Crippen LogP contribution is 2.33. The molecular weight excluding hydrogens is 390 g/mol. The molecule has 3 aromatic rings. The van der Waals surface area contributed by atoms with Crippen LogP contribution in [0, 0.1) is 13.8 Å². The molecule has 3 rings (SSSR count). The Labute approximate surface area is 173 Å². The van der Waals surface area contributed by atoms with Gasteiger partial charge in [-0.2, -0.15) is 0 Å². The van der Waals surface area contributed by atoms with E-state index in [-0.39, 0.29) is 0 Å². The number of nitrogens with two attached hydrogens (primary N) is 1. The van der Waals surface area contributed by atoms with Gasteiger partial charge in [-0.3, -0.25) is 9.17 Å². The van der Waals surface area contributed by atoms with Crippen molar-refractivity contribution in [1.29, 1.82) is 0 Å². The van der Waals surface area contributed by atoms with E-state index in [0.29, 0.717) is 22.7 Å². The van der Waals surface area contributed by atoms with E-state index in [0.717, 1.165) is 28.1 Å². The SMILES string of the molecule is COC(=O)c1ccc(C(OSc2ccc[nH+]c2)Oc2cc(C)c(C)cc2N)nc1. The molecule has 1 atom stereocenters. The quantitative estimate of drug-likeness (QED) is 0.273. The molecule has 0 aliphatic rings. The average molecular weight is 412 g/mol. The fourth-order valence-corrected chi connectivity index (χ4v) is 3.06. The van der Waals surface area contributed by atoms with Gasteiger partial charge in [0.25, 0.3) is 6.29 Å². The van der Waals surface area contributed by atoms with Gasteiger partial charge in [-0.05, 0) is 55.3 Å². The monoisotopic (exact) mass is 412 g/mol. The molecule has 0 aliphatic carbocycles. The van der Waals surface area contributed by atoms with E-state index in [1.165, 1.54) is 13.3 Å². The van der Waals surface area contributed by atoms with Crippen molar-refractivity contribution in [1.82, 2.24) is 4.98 Å². The largest absolute Gasteiger partial charge is 0.465 e. The number of rotatable bonds is 7. The summed E-state index contributed by atoms with van der Waals surface area (Å²) < 4.78 is 16.7. The number of carbonyl (C=O) groups excluding carboxylic acids is 1. The lowest BCUT2D eigenvalue weighted by Gasteiger charge is -2.20. The third-order valence-electron chi connectivity index (χ3n) is 4.22. The number of nitrogens with zero attached hydrogens (tertiary/aromatic N) is 1. The lowest BCUT2D eigenvalue weighted by Crippen LogP contribution is -2.13. The minimum absolute atomic E-state index is 0.339. The number of methoxy groups -OCH3 is 1. The number of hydrogen-bond acceptors (Lipinski definition) is 7. The van der Waals surface area contributed by atoms with E-state index in [2.05, 4.69) is 9.97 Å². The fraction of sp³-hybridized carbons (Fsp3) is 0.190. The van der Waals surface area contributed by atoms with E-state index < -0.39 is 12.3 Å². The maximum atomic E-state index is 11.7. The Morgan fingerprint density at radius 2 is 2.00 bits per heavy atom. The topological polar surface area (TPSA) is 97.8 Å². The number of hydrogen-bond donors (Lipinski definition) is 1. The number of H-pyrrole nitrogens is 1. The van der Waals surface area contributed by atoms with Crippen molar-refractivity contribution in [3.05, 3.63) is 77.4 Å². The maximum Gasteiger partial charge on any atom is 0.339 e. The first-order valence-corrected chi connectivity index (χ1v) is 9.59. The number of aromatic nitrogens is 2. The lowest BCUT2D eigenvalue weighted by molar-refractivity contribution is -0.381. The number of esters is 1. The van der Waals surface area contributed by atoms with Crippen molar-refractivity contribution in [2.75, 3.05) is 12.8 Å². The van der Waals surface area contributed by atoms with Crippen LogP contribution < -0.4 is 15.5 Å². The molecule has 3 N–H and O–H groups in total. The van der Waals surface area contributed by atoms with Crippen LogP contribution in [0.15, 0.2) is 59.9 Å². The van der Waals surface area contributed by atoms with Crippen molar-refractivity contribution in [3.8, 4) is 5.75 Å². The Kier molecular flexibility index (Phi) is 6.69. The molecule has 0 bridgehead atoms. The molecule has 29 heavy (non-hydrogen) atoms. The van der Waals surface area contributed by atoms with Gasteiger partial charge in [0, 0.05) is 24.3 Å². The van der Waals surface area contributed by atoms with Crippen molar-refractivity contribution in [2.24, 2.45) is 0 Å². The summed E-state index contributed by atoms with van der Waals surface area (Å²) in [4.78, 5) is 19.8. The smallest absolute Gasteiger partial charge is 0.339 e. The maximum absolute atomic E-state index is 11.7. The molecule has 0 fully saturated rings. The summed E-state index contributed by atoms with van der Waals surface area (Å²) in [6, 6.07) is 10.8. The van der Waals surface area contributed by atoms with E-state index in [4.69, 9.17) is 19.4 Å². The van der Waals surface area contributed by atoms with Crippen molar-refractivity contribution in [3.63, 3.8) is 0 Å². The Morgan fingerprint density at radius 1 is 1.21 bits per heavy atom. The van der Waals surface area contributed by atoms with Gasteiger partial charge < -0.3 is 15.2 Å². The highest BCUT2D eigenvalue weighted by atomic mass is 32.2. The van der Waals surface area contributed by atoms with Crippen molar-refractivity contribution in [2.45, 2.75) is 25.0 Å². The lowest BCUT2D eigenvalue weighted by atomic mass is 10.1. The van der Waals surface area contributed by atoms with Gasteiger partial charge in [-0.25, -0.2) is 9.78 Å². The molecule has 0 aliphatic heterocycles. The minimum Gasteiger partial charge on any atom is -0.465 e. The van der Waals surface area contributed by atoms with Crippen LogP contribution in [0.25, 0.3) is 0 Å². The number of anilines is 1. The van der Waals surface area contributed by atoms with E-state index >= 15 is 0 Å². The number of aryl methyl sites for hydroxylation is 2. The van der Waals surface area contributed by atoms with Gasteiger partial charge in [0.15, 0.2) is 12.4 Å². The highest BCUT2D eigenvalue weighted by Gasteiger charge is 2.20. The molecule has 1 unspecified atom stereocenters. The Hall–Kier alpha value is -3.10. The van der Waals surface area contributed by atoms with E-state index in [1.807, 2.05) is 38.1 Å². The first-order valence-electron chi connectivity index (χ1n) is 8.85. The number of carbonyl (C=O) groups is 1. The molecule has 0 saturated heterocycles. The molecule has 8 heteroatoms. The summed E-state index contributed by atoms with van der Waals surface area (Å²) in [6.45, 7) is 3.97. The molecule has 2 aromatic heterocycles. The van der Waals surface area contributed by atoms with Gasteiger partial charge in [0.05, 0.1) is 23.3 Å². The Balaban J connectivity index is 1.87. The summed E-state index contributed by atoms with van der Waals surface area (Å²) in [6.07, 6.45) is 4.18. The van der Waals surface area contributed by atoms with Gasteiger partial charge in [0.1, 0.15) is 11.4 Å². The number of benzene rings is 1. The van der Waals surface area contributed by atoms with Crippen molar-refractivity contribution >= 4 is 23.7 Å². The fourth-order valence-electron chi connectivity index (χ4n) is 2.47. The molecule has 2 heterocycles. The molecule has 0 saturated carbocycles. The molecule has 0 radical (unpaired) electrons. The number of aromatic amines is 1. The van der Waals surface area contributed by atoms with Crippen LogP contribution in [0.2, 0.25) is 0 Å². The first kappa shape index (κ1) is 20.6.